The lowest BCUT2D eigenvalue weighted by Gasteiger charge is -2.43. The lowest BCUT2D eigenvalue weighted by molar-refractivity contribution is -0.144. The van der Waals surface area contributed by atoms with E-state index in [0.29, 0.717) is 72.4 Å². The number of aromatic amines is 1. The third-order valence-electron chi connectivity index (χ3n) is 14.7. The number of anilines is 1. The molecule has 0 spiro atoms. The Hall–Kier alpha value is -6.24. The number of aromatic nitrogens is 5. The normalized spacial score (nSPS) is 21.6. The lowest BCUT2D eigenvalue weighted by Crippen LogP contribution is -2.59. The first-order valence-corrected chi connectivity index (χ1v) is 25.4. The average molecular weight is 974 g/mol. The molecule has 3 fully saturated rings. The number of amides is 4. The van der Waals surface area contributed by atoms with Crippen LogP contribution in [0.25, 0.3) is 16.9 Å². The third kappa shape index (κ3) is 11.8. The molecule has 380 valence electrons. The molecule has 6 heterocycles. The van der Waals surface area contributed by atoms with Crippen LogP contribution in [-0.4, -0.2) is 139 Å². The van der Waals surface area contributed by atoms with E-state index in [-0.39, 0.29) is 47.8 Å². The second-order valence-corrected chi connectivity index (χ2v) is 20.8. The van der Waals surface area contributed by atoms with Gasteiger partial charge in [0, 0.05) is 74.2 Å². The summed E-state index contributed by atoms with van der Waals surface area (Å²) in [6.45, 7) is 16.4. The molecule has 2 unspecified atom stereocenters. The van der Waals surface area contributed by atoms with Crippen LogP contribution >= 0.6 is 0 Å². The SMILES string of the molecule is CC[C@@H](NC(=O)[C@@H]1C[C@H](NC2CCCC(N3CCN(C(=O)c4cn(-c5cc(C)[nH]n5)c5nc(N[C@@H](C)c6ccc(F)cn6)ccc45)CC3)C2)CN1C(=O)[C@@H](NC(=O)[C@H](C)NC)C(C)(C)C)c1ccccc1. The Bertz CT molecular complexity index is 2640. The molecule has 4 aromatic heterocycles. The van der Waals surface area contributed by atoms with Gasteiger partial charge in [-0.05, 0) is 95.2 Å². The maximum Gasteiger partial charge on any atom is 0.256 e. The third-order valence-corrected chi connectivity index (χ3v) is 14.7. The second kappa shape index (κ2) is 22.0. The van der Waals surface area contributed by atoms with Crippen molar-refractivity contribution in [1.82, 2.24) is 60.7 Å². The number of carbonyl (C=O) groups excluding carboxylic acids is 4. The van der Waals surface area contributed by atoms with E-state index in [1.54, 1.807) is 24.9 Å². The van der Waals surface area contributed by atoms with Gasteiger partial charge in [0.1, 0.15) is 29.4 Å². The van der Waals surface area contributed by atoms with Crippen LogP contribution < -0.4 is 26.6 Å². The number of rotatable bonds is 16. The molecule has 3 aliphatic rings. The summed E-state index contributed by atoms with van der Waals surface area (Å²) in [5, 5.41) is 24.7. The van der Waals surface area contributed by atoms with Crippen LogP contribution in [0.5, 0.6) is 0 Å². The van der Waals surface area contributed by atoms with E-state index in [0.717, 1.165) is 50.0 Å². The quantitative estimate of drug-likeness (QED) is 0.0700. The summed E-state index contributed by atoms with van der Waals surface area (Å²) in [6.07, 6.45) is 8.16. The molecule has 4 amide bonds. The van der Waals surface area contributed by atoms with Gasteiger partial charge in [0.25, 0.3) is 5.91 Å². The van der Waals surface area contributed by atoms with E-state index in [1.165, 1.54) is 12.3 Å². The van der Waals surface area contributed by atoms with Crippen LogP contribution in [0.15, 0.2) is 73.1 Å². The van der Waals surface area contributed by atoms with E-state index >= 15 is 0 Å². The number of likely N-dealkylation sites (tertiary alicyclic amines) is 1. The highest BCUT2D eigenvalue weighted by Gasteiger charge is 2.46. The first-order chi connectivity index (χ1) is 34.0. The minimum Gasteiger partial charge on any atom is -0.362 e. The number of halogens is 1. The highest BCUT2D eigenvalue weighted by atomic mass is 19.1. The van der Waals surface area contributed by atoms with E-state index in [9.17, 15) is 23.6 Å². The standard InChI is InChI=1S/C53H72FN13O4/c1-9-42(35-14-11-10-12-15-35)59-50(69)44-28-38(30-66(44)52(71)47(53(5,6)7)61-49(68)34(4)55-8)58-37-16-13-17-39(27-37)64-22-24-65(25-23-64)51(70)41-31-67(46-26-32(2)62-63-46)48-40(41)19-21-45(60-48)57-33(3)43-20-18-36(54)29-56-43/h10-12,14-15,18-21,26,29,31,33-34,37-39,42,44,47,55,58H,9,13,16-17,22-25,27-28,30H2,1-8H3,(H,57,60)(H,59,69)(H,61,68)(H,62,63)/t33-,34-,37?,38-,39?,42+,44-,47+/m0/s1. The summed E-state index contributed by atoms with van der Waals surface area (Å²) in [4.78, 5) is 72.0. The van der Waals surface area contributed by atoms with Gasteiger partial charge in [-0.2, -0.15) is 5.10 Å². The Morgan fingerprint density at radius 3 is 2.35 bits per heavy atom. The van der Waals surface area contributed by atoms with E-state index in [4.69, 9.17) is 4.98 Å². The van der Waals surface area contributed by atoms with Gasteiger partial charge in [0.15, 0.2) is 5.82 Å². The molecule has 17 nitrogen and oxygen atoms in total. The van der Waals surface area contributed by atoms with Crippen molar-refractivity contribution in [3.05, 3.63) is 101 Å². The summed E-state index contributed by atoms with van der Waals surface area (Å²) in [5.41, 5.74) is 3.07. The number of pyridine rings is 2. The lowest BCUT2D eigenvalue weighted by atomic mass is 9.85. The fourth-order valence-corrected chi connectivity index (χ4v) is 10.5. The maximum absolute atomic E-state index is 14.7. The van der Waals surface area contributed by atoms with Gasteiger partial charge in [0.2, 0.25) is 17.7 Å². The number of hydrogen-bond acceptors (Lipinski definition) is 11. The molecule has 6 N–H and O–H groups in total. The molecule has 0 bridgehead atoms. The summed E-state index contributed by atoms with van der Waals surface area (Å²) >= 11 is 0. The van der Waals surface area contributed by atoms with Crippen molar-refractivity contribution in [3.8, 4) is 5.82 Å². The molecule has 8 atom stereocenters. The average Bonchev–Trinajstić information content (AvgIpc) is 4.11. The van der Waals surface area contributed by atoms with Gasteiger partial charge in [0.05, 0.1) is 35.6 Å². The molecule has 2 saturated heterocycles. The zero-order valence-electron chi connectivity index (χ0n) is 42.5. The molecule has 1 aliphatic carbocycles. The van der Waals surface area contributed by atoms with E-state index in [1.807, 2.05) is 106 Å². The van der Waals surface area contributed by atoms with Crippen molar-refractivity contribution in [2.75, 3.05) is 45.1 Å². The first-order valence-electron chi connectivity index (χ1n) is 25.4. The predicted octanol–water partition coefficient (Wildman–Crippen LogP) is 5.80. The minimum absolute atomic E-state index is 0.0620. The van der Waals surface area contributed by atoms with Crippen molar-refractivity contribution < 1.29 is 23.6 Å². The Morgan fingerprint density at radius 2 is 1.69 bits per heavy atom. The van der Waals surface area contributed by atoms with Crippen LogP contribution in [0.1, 0.15) is 119 Å². The Labute approximate surface area is 416 Å². The summed E-state index contributed by atoms with van der Waals surface area (Å²) in [7, 11) is 1.71. The zero-order valence-corrected chi connectivity index (χ0v) is 42.5. The zero-order chi connectivity index (χ0) is 50.6. The van der Waals surface area contributed by atoms with Crippen LogP contribution in [0.4, 0.5) is 10.2 Å². The molecule has 1 saturated carbocycles. The van der Waals surface area contributed by atoms with Gasteiger partial charge in [-0.25, -0.2) is 9.37 Å². The largest absolute Gasteiger partial charge is 0.362 e. The maximum atomic E-state index is 14.7. The smallest absolute Gasteiger partial charge is 0.256 e. The van der Waals surface area contributed by atoms with E-state index in [2.05, 4.69) is 46.7 Å². The minimum atomic E-state index is -0.839. The number of piperazine rings is 1. The molecular weight excluding hydrogens is 902 g/mol. The second-order valence-electron chi connectivity index (χ2n) is 20.8. The Balaban J connectivity index is 0.931. The van der Waals surface area contributed by atoms with Gasteiger partial charge < -0.3 is 36.4 Å². The number of nitrogens with zero attached hydrogens (tertiary/aromatic N) is 7. The summed E-state index contributed by atoms with van der Waals surface area (Å²) in [5.74, 6) is 0.0144. The molecular formula is C53H72FN13O4. The van der Waals surface area contributed by atoms with Crippen LogP contribution in [0, 0.1) is 18.2 Å². The van der Waals surface area contributed by atoms with Gasteiger partial charge in [-0.1, -0.05) is 64.4 Å². The molecule has 71 heavy (non-hydrogen) atoms. The van der Waals surface area contributed by atoms with Gasteiger partial charge in [-0.3, -0.25) is 38.7 Å². The number of hydrogen-bond donors (Lipinski definition) is 6. The van der Waals surface area contributed by atoms with Crippen molar-refractivity contribution in [3.63, 3.8) is 0 Å². The predicted molar refractivity (Wildman–Crippen MR) is 272 cm³/mol. The number of likely N-dealkylation sites (N-methyl/N-ethyl adjacent to an activating group) is 1. The van der Waals surface area contributed by atoms with E-state index < -0.39 is 29.4 Å². The number of benzene rings is 1. The van der Waals surface area contributed by atoms with Gasteiger partial charge in [-0.15, -0.1) is 0 Å². The Morgan fingerprint density at radius 1 is 0.930 bits per heavy atom. The van der Waals surface area contributed by atoms with Crippen LogP contribution in [0.2, 0.25) is 0 Å². The first kappa shape index (κ1) is 51.1. The highest BCUT2D eigenvalue weighted by molar-refractivity contribution is 6.07. The molecule has 5 aromatic rings. The van der Waals surface area contributed by atoms with Crippen LogP contribution in [-0.2, 0) is 14.4 Å². The number of H-pyrrole nitrogens is 1. The highest BCUT2D eigenvalue weighted by Crippen LogP contribution is 2.32. The number of carbonyl (C=O) groups is 4. The van der Waals surface area contributed by atoms with Crippen molar-refractivity contribution >= 4 is 40.5 Å². The van der Waals surface area contributed by atoms with Gasteiger partial charge >= 0.3 is 0 Å². The molecule has 2 aliphatic heterocycles. The fraction of sp³-hybridized carbons (Fsp3) is 0.528. The van der Waals surface area contributed by atoms with Crippen molar-refractivity contribution in [1.29, 1.82) is 0 Å². The summed E-state index contributed by atoms with van der Waals surface area (Å²) in [6, 6.07) is 16.5. The molecule has 0 radical (unpaired) electrons. The number of nitrogens with one attached hydrogen (secondary N) is 6. The Kier molecular flexibility index (Phi) is 15.9. The molecule has 18 heteroatoms. The van der Waals surface area contributed by atoms with Crippen molar-refractivity contribution in [2.24, 2.45) is 5.41 Å². The number of fused-ring (bicyclic) bond motifs is 1. The topological polar surface area (TPSA) is 198 Å². The molecule has 1 aromatic carbocycles. The van der Waals surface area contributed by atoms with Crippen molar-refractivity contribution in [2.45, 2.75) is 135 Å². The number of aryl methyl sites for hydroxylation is 1. The van der Waals surface area contributed by atoms with Crippen LogP contribution in [0.3, 0.4) is 0 Å². The fourth-order valence-electron chi connectivity index (χ4n) is 10.5. The molecule has 8 rings (SSSR count). The monoisotopic (exact) mass is 974 g/mol. The summed E-state index contributed by atoms with van der Waals surface area (Å²) < 4.78 is 15.4.